The number of aromatic nitrogens is 4. The highest BCUT2D eigenvalue weighted by molar-refractivity contribution is 5.99. The van der Waals surface area contributed by atoms with Gasteiger partial charge in [-0.3, -0.25) is 9.89 Å². The van der Waals surface area contributed by atoms with Crippen LogP contribution in [0.3, 0.4) is 0 Å². The monoisotopic (exact) mass is 275 g/mol. The first kappa shape index (κ1) is 13.1. The summed E-state index contributed by atoms with van der Waals surface area (Å²) < 4.78 is 1.72. The first-order valence-electron chi connectivity index (χ1n) is 7.32. The second-order valence-corrected chi connectivity index (χ2v) is 5.76. The van der Waals surface area contributed by atoms with Gasteiger partial charge in [-0.1, -0.05) is 19.3 Å². The largest absolute Gasteiger partial charge is 0.310 e. The molecule has 1 saturated carbocycles. The van der Waals surface area contributed by atoms with Gasteiger partial charge in [0.25, 0.3) is 0 Å². The lowest BCUT2D eigenvalue weighted by Gasteiger charge is -2.20. The predicted octanol–water partition coefficient (Wildman–Crippen LogP) is 2.51. The summed E-state index contributed by atoms with van der Waals surface area (Å²) >= 11 is 0. The third-order valence-electron chi connectivity index (χ3n) is 4.18. The van der Waals surface area contributed by atoms with Crippen molar-refractivity contribution in [2.24, 2.45) is 13.0 Å². The Kier molecular flexibility index (Phi) is 3.46. The van der Waals surface area contributed by atoms with Crippen molar-refractivity contribution in [3.05, 3.63) is 5.69 Å². The Morgan fingerprint density at radius 1 is 1.40 bits per heavy atom. The number of carbonyl (C=O) groups excluding carboxylic acids is 1. The summed E-state index contributed by atoms with van der Waals surface area (Å²) in [4.78, 5) is 12.2. The molecule has 1 fully saturated rings. The molecule has 1 aliphatic carbocycles. The second-order valence-electron chi connectivity index (χ2n) is 5.76. The Hall–Kier alpha value is -1.85. The maximum atomic E-state index is 12.2. The van der Waals surface area contributed by atoms with Crippen LogP contribution in [-0.4, -0.2) is 25.9 Å². The van der Waals surface area contributed by atoms with Gasteiger partial charge in [0.2, 0.25) is 5.91 Å². The minimum atomic E-state index is 0.0747. The van der Waals surface area contributed by atoms with Crippen LogP contribution in [0.5, 0.6) is 0 Å². The van der Waals surface area contributed by atoms with E-state index in [1.807, 2.05) is 14.0 Å². The number of hydrogen-bond donors (Lipinski definition) is 2. The molecule has 0 atom stereocenters. The van der Waals surface area contributed by atoms with Gasteiger partial charge < -0.3 is 5.32 Å². The minimum absolute atomic E-state index is 0.0747. The Bertz CT molecular complexity index is 621. The van der Waals surface area contributed by atoms with Gasteiger partial charge in [0.1, 0.15) is 5.82 Å². The molecule has 0 spiro atoms. The van der Waals surface area contributed by atoms with Crippen molar-refractivity contribution in [3.63, 3.8) is 0 Å². The third kappa shape index (κ3) is 2.42. The first-order valence-corrected chi connectivity index (χ1v) is 7.32. The highest BCUT2D eigenvalue weighted by Gasteiger charge is 2.19. The van der Waals surface area contributed by atoms with Crippen molar-refractivity contribution in [1.29, 1.82) is 0 Å². The van der Waals surface area contributed by atoms with Gasteiger partial charge in [0, 0.05) is 13.5 Å². The fourth-order valence-electron chi connectivity index (χ4n) is 3.17. The van der Waals surface area contributed by atoms with Crippen LogP contribution >= 0.6 is 0 Å². The smallest absolute Gasteiger partial charge is 0.225 e. The molecule has 0 aliphatic heterocycles. The van der Waals surface area contributed by atoms with Gasteiger partial charge in [-0.05, 0) is 25.7 Å². The van der Waals surface area contributed by atoms with Gasteiger partial charge in [0.05, 0.1) is 11.1 Å². The van der Waals surface area contributed by atoms with E-state index < -0.39 is 0 Å². The topological polar surface area (TPSA) is 75.6 Å². The van der Waals surface area contributed by atoms with E-state index in [0.717, 1.165) is 16.7 Å². The summed E-state index contributed by atoms with van der Waals surface area (Å²) in [5, 5.41) is 15.3. The van der Waals surface area contributed by atoms with Crippen LogP contribution in [0.25, 0.3) is 11.0 Å². The van der Waals surface area contributed by atoms with Gasteiger partial charge in [-0.25, -0.2) is 4.68 Å². The lowest BCUT2D eigenvalue weighted by atomic mass is 9.87. The van der Waals surface area contributed by atoms with Gasteiger partial charge in [-0.2, -0.15) is 10.2 Å². The van der Waals surface area contributed by atoms with Crippen molar-refractivity contribution in [2.75, 3.05) is 5.32 Å². The molecule has 1 aliphatic rings. The normalized spacial score (nSPS) is 16.7. The molecular weight excluding hydrogens is 254 g/mol. The zero-order chi connectivity index (χ0) is 14.1. The molecule has 108 valence electrons. The first-order chi connectivity index (χ1) is 9.65. The quantitative estimate of drug-likeness (QED) is 0.903. The number of nitrogens with zero attached hydrogens (tertiary/aromatic N) is 3. The van der Waals surface area contributed by atoms with Crippen LogP contribution in [-0.2, 0) is 11.8 Å². The molecule has 0 bridgehead atoms. The number of aryl methyl sites for hydroxylation is 2. The average molecular weight is 275 g/mol. The summed E-state index contributed by atoms with van der Waals surface area (Å²) in [5.41, 5.74) is 1.65. The summed E-state index contributed by atoms with van der Waals surface area (Å²) in [5.74, 6) is 1.29. The number of amides is 1. The van der Waals surface area contributed by atoms with Crippen LogP contribution in [0.2, 0.25) is 0 Å². The molecule has 0 unspecified atom stereocenters. The highest BCUT2D eigenvalue weighted by atomic mass is 16.1. The fourth-order valence-corrected chi connectivity index (χ4v) is 3.17. The molecule has 2 heterocycles. The number of fused-ring (bicyclic) bond motifs is 1. The Morgan fingerprint density at radius 2 is 2.15 bits per heavy atom. The average Bonchev–Trinajstić information content (AvgIpc) is 2.94. The molecule has 6 nitrogen and oxygen atoms in total. The Labute approximate surface area is 117 Å². The number of nitrogens with one attached hydrogen (secondary N) is 2. The van der Waals surface area contributed by atoms with Crippen molar-refractivity contribution >= 4 is 22.8 Å². The summed E-state index contributed by atoms with van der Waals surface area (Å²) in [6.45, 7) is 1.93. The summed E-state index contributed by atoms with van der Waals surface area (Å²) in [6.07, 6.45) is 6.80. The number of carbonyl (C=O) groups is 1. The number of rotatable bonds is 3. The van der Waals surface area contributed by atoms with Crippen LogP contribution in [0.4, 0.5) is 5.82 Å². The van der Waals surface area contributed by atoms with Crippen molar-refractivity contribution < 1.29 is 4.79 Å². The van der Waals surface area contributed by atoms with E-state index in [-0.39, 0.29) is 5.91 Å². The predicted molar refractivity (Wildman–Crippen MR) is 77.4 cm³/mol. The standard InChI is InChI=1S/C14H21N5O/c1-9-12-13(16-17-14(12)19(2)18-9)15-11(20)8-10-6-4-3-5-7-10/h10H,3-8H2,1-2H3,(H2,15,16,17,20). The minimum Gasteiger partial charge on any atom is -0.310 e. The zero-order valence-electron chi connectivity index (χ0n) is 12.1. The van der Waals surface area contributed by atoms with Gasteiger partial charge in [0.15, 0.2) is 5.65 Å². The van der Waals surface area contributed by atoms with E-state index in [1.165, 1.54) is 32.1 Å². The van der Waals surface area contributed by atoms with Crippen molar-refractivity contribution in [3.8, 4) is 0 Å². The molecule has 1 amide bonds. The number of anilines is 1. The van der Waals surface area contributed by atoms with Crippen molar-refractivity contribution in [2.45, 2.75) is 45.4 Å². The van der Waals surface area contributed by atoms with Crippen LogP contribution in [0, 0.1) is 12.8 Å². The van der Waals surface area contributed by atoms with Gasteiger partial charge in [-0.15, -0.1) is 0 Å². The molecule has 0 aromatic carbocycles. The van der Waals surface area contributed by atoms with Gasteiger partial charge >= 0.3 is 0 Å². The number of aromatic amines is 1. The lowest BCUT2D eigenvalue weighted by Crippen LogP contribution is -2.18. The van der Waals surface area contributed by atoms with E-state index in [9.17, 15) is 4.79 Å². The molecular formula is C14H21N5O. The Balaban J connectivity index is 1.71. The molecule has 0 radical (unpaired) electrons. The van der Waals surface area contributed by atoms with E-state index in [4.69, 9.17) is 0 Å². The summed E-state index contributed by atoms with van der Waals surface area (Å²) in [6, 6.07) is 0. The van der Waals surface area contributed by atoms with Crippen LogP contribution in [0.15, 0.2) is 0 Å². The zero-order valence-corrected chi connectivity index (χ0v) is 12.1. The fraction of sp³-hybridized carbons (Fsp3) is 0.643. The van der Waals surface area contributed by atoms with E-state index in [1.54, 1.807) is 4.68 Å². The van der Waals surface area contributed by atoms with Crippen LogP contribution < -0.4 is 5.32 Å². The maximum absolute atomic E-state index is 12.2. The molecule has 20 heavy (non-hydrogen) atoms. The highest BCUT2D eigenvalue weighted by Crippen LogP contribution is 2.27. The molecule has 2 N–H and O–H groups in total. The number of H-pyrrole nitrogens is 1. The molecule has 2 aromatic rings. The Morgan fingerprint density at radius 3 is 2.90 bits per heavy atom. The van der Waals surface area contributed by atoms with Crippen molar-refractivity contribution in [1.82, 2.24) is 20.0 Å². The number of hydrogen-bond acceptors (Lipinski definition) is 3. The SMILES string of the molecule is Cc1nn(C)c2n[nH]c(NC(=O)CC3CCCCC3)c12. The van der Waals surface area contributed by atoms with Crippen LogP contribution in [0.1, 0.15) is 44.2 Å². The third-order valence-corrected chi connectivity index (χ3v) is 4.18. The van der Waals surface area contributed by atoms with E-state index in [2.05, 4.69) is 20.6 Å². The summed E-state index contributed by atoms with van der Waals surface area (Å²) in [7, 11) is 1.85. The maximum Gasteiger partial charge on any atom is 0.225 e. The van der Waals surface area contributed by atoms with E-state index >= 15 is 0 Å². The molecule has 2 aromatic heterocycles. The molecule has 6 heteroatoms. The molecule has 3 rings (SSSR count). The molecule has 0 saturated heterocycles. The van der Waals surface area contributed by atoms with E-state index in [0.29, 0.717) is 18.2 Å². The lowest BCUT2D eigenvalue weighted by molar-refractivity contribution is -0.117. The second kappa shape index (κ2) is 5.26.